The van der Waals surface area contributed by atoms with Crippen molar-refractivity contribution >= 4 is 33.3 Å². The van der Waals surface area contributed by atoms with Crippen molar-refractivity contribution in [2.75, 3.05) is 36.0 Å². The lowest BCUT2D eigenvalue weighted by molar-refractivity contribution is -0.121. The van der Waals surface area contributed by atoms with Gasteiger partial charge in [0.2, 0.25) is 21.8 Å². The number of imide groups is 1. The lowest BCUT2D eigenvalue weighted by Crippen LogP contribution is -2.49. The number of piperazine rings is 1. The molecule has 2 fully saturated rings. The monoisotopic (exact) mass is 480 g/mol. The van der Waals surface area contributed by atoms with E-state index in [0.29, 0.717) is 37.7 Å². The lowest BCUT2D eigenvalue weighted by Gasteiger charge is -2.34. The van der Waals surface area contributed by atoms with E-state index in [1.165, 1.54) is 28.6 Å². The third-order valence-electron chi connectivity index (χ3n) is 6.03. The zero-order valence-electron chi connectivity index (χ0n) is 18.7. The van der Waals surface area contributed by atoms with E-state index >= 15 is 0 Å². The first-order chi connectivity index (χ1) is 16.3. The lowest BCUT2D eigenvalue weighted by atomic mass is 10.3. The molecule has 0 aliphatic carbocycles. The summed E-state index contributed by atoms with van der Waals surface area (Å²) in [5, 5.41) is 0. The predicted octanol–water partition coefficient (Wildman–Crippen LogP) is 1.74. The summed E-state index contributed by atoms with van der Waals surface area (Å²) in [4.78, 5) is 36.2. The normalized spacial score (nSPS) is 17.6. The number of hydrogen-bond donors (Lipinski definition) is 0. The van der Waals surface area contributed by atoms with E-state index in [0.717, 1.165) is 16.5 Å². The highest BCUT2D eigenvalue weighted by Gasteiger charge is 2.32. The van der Waals surface area contributed by atoms with Gasteiger partial charge in [-0.05, 0) is 43.3 Å². The molecule has 0 unspecified atom stereocenters. The third kappa shape index (κ3) is 4.08. The van der Waals surface area contributed by atoms with Gasteiger partial charge in [0.05, 0.1) is 10.6 Å². The summed E-state index contributed by atoms with van der Waals surface area (Å²) in [6.07, 6.45) is 4.19. The molecule has 176 valence electrons. The molecule has 2 amide bonds. The maximum Gasteiger partial charge on any atom is 0.243 e. The standard InChI is InChI=1S/C23H24N6O4S/c1-17-24-20(26-10-2-3-11-26)16-21(25-17)27-12-14-28(15-13-27)34(32,33)19-6-4-18(5-7-19)29-22(30)8-9-23(29)31/h2-7,10-11,16H,8-9,12-15H2,1H3. The number of anilines is 2. The Kier molecular flexibility index (Phi) is 5.66. The van der Waals surface area contributed by atoms with Crippen LogP contribution >= 0.6 is 0 Å². The summed E-state index contributed by atoms with van der Waals surface area (Å²) in [5.41, 5.74) is 0.397. The van der Waals surface area contributed by atoms with Gasteiger partial charge in [-0.1, -0.05) is 0 Å². The smallest absolute Gasteiger partial charge is 0.243 e. The van der Waals surface area contributed by atoms with Crippen LogP contribution in [0.2, 0.25) is 0 Å². The van der Waals surface area contributed by atoms with Crippen LogP contribution in [0.1, 0.15) is 18.7 Å². The Bertz CT molecular complexity index is 1310. The highest BCUT2D eigenvalue weighted by molar-refractivity contribution is 7.89. The molecule has 5 rings (SSSR count). The first-order valence-electron chi connectivity index (χ1n) is 11.0. The number of sulfonamides is 1. The molecule has 10 nitrogen and oxygen atoms in total. The molecule has 2 saturated heterocycles. The van der Waals surface area contributed by atoms with Crippen molar-refractivity contribution in [1.29, 1.82) is 0 Å². The predicted molar refractivity (Wildman–Crippen MR) is 125 cm³/mol. The van der Waals surface area contributed by atoms with Crippen LogP contribution in [0.3, 0.4) is 0 Å². The molecule has 2 aromatic heterocycles. The second-order valence-electron chi connectivity index (χ2n) is 8.23. The van der Waals surface area contributed by atoms with Crippen LogP contribution in [0.5, 0.6) is 0 Å². The van der Waals surface area contributed by atoms with Crippen molar-refractivity contribution in [2.45, 2.75) is 24.7 Å². The van der Waals surface area contributed by atoms with E-state index in [1.54, 1.807) is 0 Å². The molecule has 3 aromatic rings. The van der Waals surface area contributed by atoms with Crippen molar-refractivity contribution < 1.29 is 18.0 Å². The van der Waals surface area contributed by atoms with Gasteiger partial charge in [-0.2, -0.15) is 4.31 Å². The summed E-state index contributed by atoms with van der Waals surface area (Å²) < 4.78 is 29.7. The van der Waals surface area contributed by atoms with Crippen molar-refractivity contribution in [3.8, 4) is 5.82 Å². The summed E-state index contributed by atoms with van der Waals surface area (Å²) in [7, 11) is -3.71. The summed E-state index contributed by atoms with van der Waals surface area (Å²) >= 11 is 0. The zero-order valence-corrected chi connectivity index (χ0v) is 19.5. The van der Waals surface area contributed by atoms with Gasteiger partial charge < -0.3 is 9.47 Å². The molecular formula is C23H24N6O4S. The van der Waals surface area contributed by atoms with Gasteiger partial charge in [0.1, 0.15) is 17.5 Å². The van der Waals surface area contributed by atoms with E-state index in [9.17, 15) is 18.0 Å². The molecule has 2 aliphatic heterocycles. The number of nitrogens with zero attached hydrogens (tertiary/aromatic N) is 6. The van der Waals surface area contributed by atoms with Crippen molar-refractivity contribution in [3.63, 3.8) is 0 Å². The largest absolute Gasteiger partial charge is 0.354 e. The van der Waals surface area contributed by atoms with Gasteiger partial charge >= 0.3 is 0 Å². The number of hydrogen-bond acceptors (Lipinski definition) is 7. The molecule has 0 atom stereocenters. The minimum Gasteiger partial charge on any atom is -0.354 e. The van der Waals surface area contributed by atoms with E-state index < -0.39 is 10.0 Å². The number of aromatic nitrogens is 3. The topological polar surface area (TPSA) is 109 Å². The third-order valence-corrected chi connectivity index (χ3v) is 7.94. The van der Waals surface area contributed by atoms with Crippen molar-refractivity contribution in [1.82, 2.24) is 18.8 Å². The van der Waals surface area contributed by atoms with Gasteiger partial charge in [0.25, 0.3) is 0 Å². The van der Waals surface area contributed by atoms with E-state index in [2.05, 4.69) is 14.9 Å². The SMILES string of the molecule is Cc1nc(N2CCN(S(=O)(=O)c3ccc(N4C(=O)CCC4=O)cc3)CC2)cc(-n2cccc2)n1. The summed E-state index contributed by atoms with van der Waals surface area (Å²) in [6, 6.07) is 11.7. The Morgan fingerprint density at radius 1 is 0.824 bits per heavy atom. The fourth-order valence-electron chi connectivity index (χ4n) is 4.26. The van der Waals surface area contributed by atoms with Crippen LogP contribution in [0.15, 0.2) is 59.8 Å². The average molecular weight is 481 g/mol. The molecule has 0 radical (unpaired) electrons. The maximum atomic E-state index is 13.2. The maximum absolute atomic E-state index is 13.2. The molecule has 0 spiro atoms. The number of carbonyl (C=O) groups is 2. The zero-order chi connectivity index (χ0) is 23.9. The second kappa shape index (κ2) is 8.65. The number of aryl methyl sites for hydroxylation is 1. The van der Waals surface area contributed by atoms with Gasteiger partial charge in [-0.15, -0.1) is 0 Å². The second-order valence-corrected chi connectivity index (χ2v) is 10.2. The van der Waals surface area contributed by atoms with Crippen LogP contribution in [0.25, 0.3) is 5.82 Å². The number of rotatable bonds is 5. The van der Waals surface area contributed by atoms with Gasteiger partial charge in [-0.3, -0.25) is 14.5 Å². The molecule has 4 heterocycles. The highest BCUT2D eigenvalue weighted by Crippen LogP contribution is 2.26. The quantitative estimate of drug-likeness (QED) is 0.512. The fraction of sp³-hybridized carbons (Fsp3) is 0.304. The molecule has 2 aliphatic rings. The molecular weight excluding hydrogens is 456 g/mol. The fourth-order valence-corrected chi connectivity index (χ4v) is 5.68. The Hall–Kier alpha value is -3.57. The van der Waals surface area contributed by atoms with E-state index in [1.807, 2.05) is 42.1 Å². The van der Waals surface area contributed by atoms with Gasteiger partial charge in [-0.25, -0.2) is 18.4 Å². The minimum atomic E-state index is -3.71. The van der Waals surface area contributed by atoms with E-state index in [-0.39, 0.29) is 29.6 Å². The molecule has 0 saturated carbocycles. The van der Waals surface area contributed by atoms with Crippen molar-refractivity contribution in [2.24, 2.45) is 0 Å². The highest BCUT2D eigenvalue weighted by atomic mass is 32.2. The van der Waals surface area contributed by atoms with E-state index in [4.69, 9.17) is 0 Å². The molecule has 0 bridgehead atoms. The van der Waals surface area contributed by atoms with Crippen LogP contribution in [-0.4, -0.2) is 65.3 Å². The Morgan fingerprint density at radius 2 is 1.41 bits per heavy atom. The first-order valence-corrected chi connectivity index (χ1v) is 12.5. The Labute approximate surface area is 197 Å². The number of amides is 2. The molecule has 34 heavy (non-hydrogen) atoms. The average Bonchev–Trinajstić information content (AvgIpc) is 3.49. The molecule has 1 aromatic carbocycles. The van der Waals surface area contributed by atoms with Gasteiger partial charge in [0.15, 0.2) is 0 Å². The van der Waals surface area contributed by atoms with Crippen LogP contribution in [0, 0.1) is 6.92 Å². The summed E-state index contributed by atoms with van der Waals surface area (Å²) in [5.74, 6) is 1.63. The van der Waals surface area contributed by atoms with Crippen LogP contribution in [0.4, 0.5) is 11.5 Å². The van der Waals surface area contributed by atoms with Crippen molar-refractivity contribution in [3.05, 3.63) is 60.7 Å². The number of carbonyl (C=O) groups excluding carboxylic acids is 2. The first kappa shape index (κ1) is 22.2. The van der Waals surface area contributed by atoms with Crippen LogP contribution in [-0.2, 0) is 19.6 Å². The Balaban J connectivity index is 1.29. The molecule has 0 N–H and O–H groups in total. The van der Waals surface area contributed by atoms with Crippen LogP contribution < -0.4 is 9.80 Å². The summed E-state index contributed by atoms with van der Waals surface area (Å²) in [6.45, 7) is 3.46. The minimum absolute atomic E-state index is 0.136. The van der Waals surface area contributed by atoms with Gasteiger partial charge in [0, 0.05) is 57.5 Å². The molecule has 11 heteroatoms. The Morgan fingerprint density at radius 3 is 2.03 bits per heavy atom. The number of benzene rings is 1.